The van der Waals surface area contributed by atoms with Gasteiger partial charge in [0.05, 0.1) is 26.4 Å². The predicted octanol–water partition coefficient (Wildman–Crippen LogP) is 17.4. The van der Waals surface area contributed by atoms with E-state index in [9.17, 15) is 0 Å². The lowest BCUT2D eigenvalue weighted by atomic mass is 9.82. The van der Waals surface area contributed by atoms with Crippen LogP contribution in [-0.4, -0.2) is 26.4 Å². The number of benzene rings is 6. The zero-order valence-corrected chi connectivity index (χ0v) is 42.4. The first kappa shape index (κ1) is 50.3. The third-order valence-electron chi connectivity index (χ3n) is 13.9. The topological polar surface area (TPSA) is 55.4 Å². The number of rotatable bonds is 28. The van der Waals surface area contributed by atoms with E-state index in [1.54, 1.807) is 0 Å². The summed E-state index contributed by atoms with van der Waals surface area (Å²) in [6, 6.07) is 42.4. The fraction of sp³-hybridized carbons (Fsp3) is 0.406. The van der Waals surface area contributed by atoms with Crippen LogP contribution in [0, 0.1) is 0 Å². The van der Waals surface area contributed by atoms with Crippen LogP contribution < -0.4 is 28.4 Å². The molecule has 2 heterocycles. The molecule has 0 atom stereocenters. The predicted molar refractivity (Wildman–Crippen MR) is 289 cm³/mol. The van der Waals surface area contributed by atoms with Crippen molar-refractivity contribution in [3.63, 3.8) is 0 Å². The van der Waals surface area contributed by atoms with Crippen LogP contribution in [0.1, 0.15) is 164 Å². The van der Waals surface area contributed by atoms with Gasteiger partial charge in [-0.05, 0) is 104 Å². The van der Waals surface area contributed by atoms with Crippen molar-refractivity contribution in [3.8, 4) is 34.5 Å². The van der Waals surface area contributed by atoms with Crippen molar-refractivity contribution >= 4 is 22.9 Å². The minimum absolute atomic E-state index is 0.708. The van der Waals surface area contributed by atoms with Crippen LogP contribution >= 0.6 is 0 Å². The highest BCUT2D eigenvalue weighted by Gasteiger charge is 2.41. The summed E-state index contributed by atoms with van der Waals surface area (Å²) in [5.74, 6) is 5.04. The fourth-order valence-electron chi connectivity index (χ4n) is 9.74. The highest BCUT2D eigenvalue weighted by molar-refractivity contribution is 6.01. The summed E-state index contributed by atoms with van der Waals surface area (Å²) in [6.07, 6.45) is 27.5. The lowest BCUT2D eigenvalue weighted by molar-refractivity contribution is 0.159. The number of hydrogen-bond acceptors (Lipinski definition) is 6. The Kier molecular flexibility index (Phi) is 18.0. The van der Waals surface area contributed by atoms with E-state index in [1.165, 1.54) is 77.0 Å². The minimum atomic E-state index is -0.939. The van der Waals surface area contributed by atoms with Gasteiger partial charge in [0.15, 0.2) is 11.2 Å². The van der Waals surface area contributed by atoms with E-state index < -0.39 is 11.2 Å². The van der Waals surface area contributed by atoms with Crippen molar-refractivity contribution in [3.05, 3.63) is 167 Å². The van der Waals surface area contributed by atoms with Gasteiger partial charge in [0, 0.05) is 38.8 Å². The van der Waals surface area contributed by atoms with Gasteiger partial charge < -0.3 is 28.4 Å². The first-order valence-corrected chi connectivity index (χ1v) is 26.8. The summed E-state index contributed by atoms with van der Waals surface area (Å²) in [7, 11) is 0. The van der Waals surface area contributed by atoms with E-state index in [-0.39, 0.29) is 0 Å². The molecule has 0 unspecified atom stereocenters. The second kappa shape index (κ2) is 25.1. The zero-order valence-electron chi connectivity index (χ0n) is 42.4. The van der Waals surface area contributed by atoms with E-state index in [4.69, 9.17) is 28.4 Å². The van der Waals surface area contributed by atoms with Crippen molar-refractivity contribution < 1.29 is 28.4 Å². The molecule has 6 aromatic carbocycles. The molecule has 0 radical (unpaired) electrons. The van der Waals surface area contributed by atoms with Gasteiger partial charge in [0.25, 0.3) is 0 Å². The lowest BCUT2D eigenvalue weighted by Gasteiger charge is -2.38. The fourth-order valence-corrected chi connectivity index (χ4v) is 9.74. The average molecular weight is 941 g/mol. The molecule has 0 N–H and O–H groups in total. The Hall–Kier alpha value is -6.14. The van der Waals surface area contributed by atoms with Crippen LogP contribution in [0.5, 0.6) is 34.5 Å². The molecule has 6 nitrogen and oxygen atoms in total. The van der Waals surface area contributed by atoms with Gasteiger partial charge in [-0.2, -0.15) is 0 Å². The standard InChI is InChI=1S/C64H76O6/c1-5-9-13-17-45-65-55-32-24-51(25-33-55)63(52-26-34-56(35-27-52)66-46-18-14-10-6-2)44-42-59-60(69-63)40-23-49-21-22-50-41-43-64(70-62(50)61(49)59,53-28-36-57(37-29-53)67-47-19-15-11-7-3)54-30-38-58(39-31-54)68-48-20-16-12-8-4/h21-44H,5-20,45-48H2,1-4H3. The summed E-state index contributed by atoms with van der Waals surface area (Å²) in [5, 5.41) is 2.08. The Morgan fingerprint density at radius 1 is 0.357 bits per heavy atom. The number of ether oxygens (including phenoxy) is 6. The Balaban J connectivity index is 1.15. The SMILES string of the molecule is CCCCCCOc1ccc(C2(c3ccc(OCCCCCC)cc3)C=Cc3c(ccc4ccc5c(c34)OC(c3ccc(OCCCCCC)cc3)(c3ccc(OCCCCCC)cc3)C=C5)O2)cc1. The van der Waals surface area contributed by atoms with Gasteiger partial charge in [-0.1, -0.05) is 178 Å². The van der Waals surface area contributed by atoms with Crippen molar-refractivity contribution in [2.45, 2.75) is 142 Å². The van der Waals surface area contributed by atoms with Gasteiger partial charge in [-0.15, -0.1) is 0 Å². The third kappa shape index (κ3) is 12.1. The second-order valence-electron chi connectivity index (χ2n) is 19.1. The molecule has 8 rings (SSSR count). The summed E-state index contributed by atoms with van der Waals surface area (Å²) in [5.41, 5.74) is 4.17. The highest BCUT2D eigenvalue weighted by Crippen LogP contribution is 2.51. The summed E-state index contributed by atoms with van der Waals surface area (Å²) >= 11 is 0. The molecule has 0 amide bonds. The second-order valence-corrected chi connectivity index (χ2v) is 19.1. The molecule has 6 heteroatoms. The van der Waals surface area contributed by atoms with Crippen molar-refractivity contribution in [2.75, 3.05) is 26.4 Å². The van der Waals surface area contributed by atoms with Crippen LogP contribution in [0.15, 0.2) is 133 Å². The van der Waals surface area contributed by atoms with E-state index >= 15 is 0 Å². The molecular weight excluding hydrogens is 865 g/mol. The molecule has 368 valence electrons. The van der Waals surface area contributed by atoms with E-state index in [0.717, 1.165) is 104 Å². The van der Waals surface area contributed by atoms with Crippen molar-refractivity contribution in [2.24, 2.45) is 0 Å². The maximum Gasteiger partial charge on any atom is 0.178 e. The quantitative estimate of drug-likeness (QED) is 0.0457. The zero-order chi connectivity index (χ0) is 48.4. The van der Waals surface area contributed by atoms with Gasteiger partial charge in [0.2, 0.25) is 0 Å². The number of hydrogen-bond donors (Lipinski definition) is 0. The first-order chi connectivity index (χ1) is 34.5. The molecule has 0 saturated carbocycles. The molecule has 0 aromatic heterocycles. The van der Waals surface area contributed by atoms with E-state index in [2.05, 4.69) is 173 Å². The normalized spacial score (nSPS) is 14.1. The van der Waals surface area contributed by atoms with Crippen LogP contribution in [-0.2, 0) is 11.2 Å². The van der Waals surface area contributed by atoms with Gasteiger partial charge in [-0.3, -0.25) is 0 Å². The average Bonchev–Trinajstić information content (AvgIpc) is 3.40. The number of unbranched alkanes of at least 4 members (excludes halogenated alkanes) is 12. The molecule has 0 fully saturated rings. The molecule has 0 aliphatic carbocycles. The van der Waals surface area contributed by atoms with Crippen LogP contribution in [0.4, 0.5) is 0 Å². The summed E-state index contributed by atoms with van der Waals surface area (Å²) in [6.45, 7) is 11.8. The van der Waals surface area contributed by atoms with Crippen molar-refractivity contribution in [1.29, 1.82) is 0 Å². The Bertz CT molecular complexity index is 2480. The molecule has 0 bridgehead atoms. The lowest BCUT2D eigenvalue weighted by Crippen LogP contribution is -2.35. The molecule has 0 spiro atoms. The van der Waals surface area contributed by atoms with Gasteiger partial charge in [0.1, 0.15) is 34.5 Å². The molecule has 2 aliphatic heterocycles. The first-order valence-electron chi connectivity index (χ1n) is 26.8. The molecular formula is C64H76O6. The van der Waals surface area contributed by atoms with Crippen molar-refractivity contribution in [1.82, 2.24) is 0 Å². The molecule has 6 aromatic rings. The van der Waals surface area contributed by atoms with Crippen LogP contribution in [0.3, 0.4) is 0 Å². The maximum atomic E-state index is 7.57. The van der Waals surface area contributed by atoms with E-state index in [1.807, 2.05) is 0 Å². The molecule has 2 aliphatic rings. The largest absolute Gasteiger partial charge is 0.494 e. The molecule has 0 saturated heterocycles. The Morgan fingerprint density at radius 2 is 0.714 bits per heavy atom. The monoisotopic (exact) mass is 941 g/mol. The van der Waals surface area contributed by atoms with Crippen LogP contribution in [0.25, 0.3) is 22.9 Å². The highest BCUT2D eigenvalue weighted by atomic mass is 16.5. The smallest absolute Gasteiger partial charge is 0.178 e. The van der Waals surface area contributed by atoms with E-state index in [0.29, 0.717) is 26.4 Å². The Morgan fingerprint density at radius 3 is 1.10 bits per heavy atom. The molecule has 70 heavy (non-hydrogen) atoms. The van der Waals surface area contributed by atoms with Gasteiger partial charge >= 0.3 is 0 Å². The summed E-state index contributed by atoms with van der Waals surface area (Å²) in [4.78, 5) is 0. The summed E-state index contributed by atoms with van der Waals surface area (Å²) < 4.78 is 39.8. The van der Waals surface area contributed by atoms with Crippen LogP contribution in [0.2, 0.25) is 0 Å². The maximum absolute atomic E-state index is 7.57. The minimum Gasteiger partial charge on any atom is -0.494 e. The Labute approximate surface area is 419 Å². The number of fused-ring (bicyclic) bond motifs is 5. The third-order valence-corrected chi connectivity index (χ3v) is 13.9. The van der Waals surface area contributed by atoms with Gasteiger partial charge in [-0.25, -0.2) is 0 Å².